The molecule has 2 N–H and O–H groups in total. The van der Waals surface area contributed by atoms with E-state index in [0.29, 0.717) is 6.61 Å². The molecule has 0 radical (unpaired) electrons. The molecular weight excluding hydrogens is 304 g/mol. The number of nitrogens with zero attached hydrogens (tertiary/aromatic N) is 1. The van der Waals surface area contributed by atoms with Crippen molar-refractivity contribution in [2.24, 2.45) is 5.73 Å². The van der Waals surface area contributed by atoms with Gasteiger partial charge in [0.2, 0.25) is 0 Å². The third-order valence-corrected chi connectivity index (χ3v) is 3.86. The third kappa shape index (κ3) is 2.86. The monoisotopic (exact) mass is 318 g/mol. The van der Waals surface area contributed by atoms with Crippen molar-refractivity contribution < 1.29 is 4.74 Å². The molecular formula is C15H15BrN2O. The first kappa shape index (κ1) is 12.8. The van der Waals surface area contributed by atoms with Crippen LogP contribution in [0.5, 0.6) is 0 Å². The van der Waals surface area contributed by atoms with E-state index in [2.05, 4.69) is 39.1 Å². The highest BCUT2D eigenvalue weighted by molar-refractivity contribution is 9.10. The molecule has 98 valence electrons. The Hall–Kier alpha value is -1.23. The molecule has 1 atom stereocenters. The van der Waals surface area contributed by atoms with Crippen LogP contribution in [-0.2, 0) is 24.4 Å². The van der Waals surface area contributed by atoms with Crippen LogP contribution < -0.4 is 5.73 Å². The van der Waals surface area contributed by atoms with Gasteiger partial charge in [0.05, 0.1) is 13.2 Å². The number of nitrogens with two attached hydrogens (primary N) is 1. The van der Waals surface area contributed by atoms with E-state index < -0.39 is 0 Å². The Balaban J connectivity index is 1.76. The minimum atomic E-state index is -0.0282. The maximum atomic E-state index is 6.27. The first-order valence-electron chi connectivity index (χ1n) is 6.28. The zero-order valence-corrected chi connectivity index (χ0v) is 12.1. The summed E-state index contributed by atoms with van der Waals surface area (Å²) in [5, 5.41) is 0. The molecule has 0 spiro atoms. The molecule has 0 saturated carbocycles. The van der Waals surface area contributed by atoms with Gasteiger partial charge in [-0.2, -0.15) is 0 Å². The van der Waals surface area contributed by atoms with E-state index in [1.165, 1.54) is 11.1 Å². The van der Waals surface area contributed by atoms with Crippen LogP contribution in [0.4, 0.5) is 0 Å². The summed E-state index contributed by atoms with van der Waals surface area (Å²) in [7, 11) is 0. The highest BCUT2D eigenvalue weighted by Gasteiger charge is 2.14. The fourth-order valence-electron chi connectivity index (χ4n) is 2.29. The number of halogens is 1. The van der Waals surface area contributed by atoms with E-state index in [1.807, 2.05) is 12.1 Å². The van der Waals surface area contributed by atoms with E-state index in [9.17, 15) is 0 Å². The van der Waals surface area contributed by atoms with Gasteiger partial charge in [0.25, 0.3) is 0 Å². The van der Waals surface area contributed by atoms with E-state index >= 15 is 0 Å². The van der Waals surface area contributed by atoms with Gasteiger partial charge in [-0.15, -0.1) is 0 Å². The molecule has 1 aliphatic rings. The zero-order chi connectivity index (χ0) is 13.2. The minimum Gasteiger partial charge on any atom is -0.372 e. The standard InChI is InChI=1S/C15H15BrN2O/c16-13-3-4-14(18-7-13)6-15(17)10-1-2-11-8-19-9-12(11)5-10/h1-5,7,15H,6,8-9,17H2. The fourth-order valence-corrected chi connectivity index (χ4v) is 2.53. The van der Waals surface area contributed by atoms with E-state index in [-0.39, 0.29) is 6.04 Å². The Morgan fingerprint density at radius 2 is 2.05 bits per heavy atom. The lowest BCUT2D eigenvalue weighted by atomic mass is 9.98. The van der Waals surface area contributed by atoms with Crippen LogP contribution in [0.25, 0.3) is 0 Å². The van der Waals surface area contributed by atoms with Crippen LogP contribution in [0, 0.1) is 0 Å². The van der Waals surface area contributed by atoms with Crippen molar-refractivity contribution in [2.75, 3.05) is 0 Å². The molecule has 0 amide bonds. The maximum absolute atomic E-state index is 6.27. The predicted molar refractivity (Wildman–Crippen MR) is 77.5 cm³/mol. The van der Waals surface area contributed by atoms with E-state index in [0.717, 1.165) is 28.8 Å². The van der Waals surface area contributed by atoms with Gasteiger partial charge in [0.1, 0.15) is 0 Å². The maximum Gasteiger partial charge on any atom is 0.0725 e. The van der Waals surface area contributed by atoms with Gasteiger partial charge in [-0.25, -0.2) is 0 Å². The van der Waals surface area contributed by atoms with Crippen LogP contribution in [0.3, 0.4) is 0 Å². The highest BCUT2D eigenvalue weighted by atomic mass is 79.9. The minimum absolute atomic E-state index is 0.0282. The second kappa shape index (κ2) is 5.41. The predicted octanol–water partition coefficient (Wildman–Crippen LogP) is 3.12. The number of rotatable bonds is 3. The summed E-state index contributed by atoms with van der Waals surface area (Å²) in [5.74, 6) is 0. The summed E-state index contributed by atoms with van der Waals surface area (Å²) >= 11 is 3.38. The van der Waals surface area contributed by atoms with Crippen molar-refractivity contribution >= 4 is 15.9 Å². The van der Waals surface area contributed by atoms with Gasteiger partial charge < -0.3 is 10.5 Å². The van der Waals surface area contributed by atoms with Gasteiger partial charge in [-0.3, -0.25) is 4.98 Å². The van der Waals surface area contributed by atoms with Gasteiger partial charge in [0.15, 0.2) is 0 Å². The number of ether oxygens (including phenoxy) is 1. The second-order valence-electron chi connectivity index (χ2n) is 4.80. The number of benzene rings is 1. The highest BCUT2D eigenvalue weighted by Crippen LogP contribution is 2.24. The van der Waals surface area contributed by atoms with Crippen LogP contribution in [0.1, 0.15) is 28.4 Å². The molecule has 0 saturated heterocycles. The molecule has 1 unspecified atom stereocenters. The molecule has 0 bridgehead atoms. The van der Waals surface area contributed by atoms with Crippen molar-refractivity contribution in [3.05, 3.63) is 63.4 Å². The Bertz CT molecular complexity index is 583. The van der Waals surface area contributed by atoms with Crippen LogP contribution in [0.15, 0.2) is 41.0 Å². The summed E-state index contributed by atoms with van der Waals surface area (Å²) < 4.78 is 6.41. The van der Waals surface area contributed by atoms with Gasteiger partial charge in [-0.1, -0.05) is 18.2 Å². The number of hydrogen-bond donors (Lipinski definition) is 1. The smallest absolute Gasteiger partial charge is 0.0725 e. The molecule has 1 aromatic heterocycles. The molecule has 0 fully saturated rings. The summed E-state index contributed by atoms with van der Waals surface area (Å²) in [6.45, 7) is 1.42. The van der Waals surface area contributed by atoms with Crippen LogP contribution >= 0.6 is 15.9 Å². The van der Waals surface area contributed by atoms with Crippen molar-refractivity contribution in [2.45, 2.75) is 25.7 Å². The van der Waals surface area contributed by atoms with Crippen molar-refractivity contribution in [1.82, 2.24) is 4.98 Å². The Morgan fingerprint density at radius 1 is 1.21 bits per heavy atom. The number of pyridine rings is 1. The molecule has 3 nitrogen and oxygen atoms in total. The summed E-state index contributed by atoms with van der Waals surface area (Å²) in [6, 6.07) is 10.3. The number of aromatic nitrogens is 1. The van der Waals surface area contributed by atoms with Crippen LogP contribution in [-0.4, -0.2) is 4.98 Å². The molecule has 1 aliphatic heterocycles. The summed E-state index contributed by atoms with van der Waals surface area (Å²) in [4.78, 5) is 4.36. The second-order valence-corrected chi connectivity index (χ2v) is 5.71. The number of hydrogen-bond acceptors (Lipinski definition) is 3. The summed E-state index contributed by atoms with van der Waals surface area (Å²) in [6.07, 6.45) is 2.55. The van der Waals surface area contributed by atoms with Crippen LogP contribution in [0.2, 0.25) is 0 Å². The normalized spacial score (nSPS) is 15.3. The Morgan fingerprint density at radius 3 is 2.84 bits per heavy atom. The van der Waals surface area contributed by atoms with Crippen molar-refractivity contribution in [3.8, 4) is 0 Å². The van der Waals surface area contributed by atoms with Crippen molar-refractivity contribution in [3.63, 3.8) is 0 Å². The lowest BCUT2D eigenvalue weighted by molar-refractivity contribution is 0.134. The summed E-state index contributed by atoms with van der Waals surface area (Å²) in [5.41, 5.74) is 11.0. The molecule has 2 heterocycles. The molecule has 1 aromatic carbocycles. The first-order chi connectivity index (χ1) is 9.22. The molecule has 3 rings (SSSR count). The van der Waals surface area contributed by atoms with E-state index in [1.54, 1.807) is 6.20 Å². The van der Waals surface area contributed by atoms with Gasteiger partial charge in [0, 0.05) is 28.8 Å². The average Bonchev–Trinajstić information content (AvgIpc) is 2.88. The SMILES string of the molecule is NC(Cc1ccc(Br)cn1)c1ccc2c(c1)COC2. The lowest BCUT2D eigenvalue weighted by Gasteiger charge is -2.13. The zero-order valence-electron chi connectivity index (χ0n) is 10.5. The number of fused-ring (bicyclic) bond motifs is 1. The molecule has 19 heavy (non-hydrogen) atoms. The van der Waals surface area contributed by atoms with Gasteiger partial charge in [-0.05, 0) is 44.8 Å². The average molecular weight is 319 g/mol. The quantitative estimate of drug-likeness (QED) is 0.945. The first-order valence-corrected chi connectivity index (χ1v) is 7.07. The molecule has 2 aromatic rings. The fraction of sp³-hybridized carbons (Fsp3) is 0.267. The largest absolute Gasteiger partial charge is 0.372 e. The molecule has 0 aliphatic carbocycles. The third-order valence-electron chi connectivity index (χ3n) is 3.39. The Kier molecular flexibility index (Phi) is 3.64. The lowest BCUT2D eigenvalue weighted by Crippen LogP contribution is -2.14. The van der Waals surface area contributed by atoms with Gasteiger partial charge >= 0.3 is 0 Å². The van der Waals surface area contributed by atoms with Crippen molar-refractivity contribution in [1.29, 1.82) is 0 Å². The topological polar surface area (TPSA) is 48.1 Å². The van der Waals surface area contributed by atoms with E-state index in [4.69, 9.17) is 10.5 Å². The Labute approximate surface area is 120 Å². The molecule has 4 heteroatoms.